The Bertz CT molecular complexity index is 561. The van der Waals surface area contributed by atoms with Crippen LogP contribution in [0.1, 0.15) is 58.4 Å². The first-order valence-corrected chi connectivity index (χ1v) is 10.6. The highest BCUT2D eigenvalue weighted by Crippen LogP contribution is 2.16. The number of hydrogen-bond acceptors (Lipinski definition) is 4. The van der Waals surface area contributed by atoms with Gasteiger partial charge in [0.1, 0.15) is 0 Å². The number of pyridine rings is 1. The fourth-order valence-electron chi connectivity index (χ4n) is 3.28. The Morgan fingerprint density at radius 3 is 2.71 bits per heavy atom. The predicted octanol–water partition coefficient (Wildman–Crippen LogP) is 3.81. The van der Waals surface area contributed by atoms with Crippen LogP contribution in [0.5, 0.6) is 5.88 Å². The van der Waals surface area contributed by atoms with Gasteiger partial charge in [-0.2, -0.15) is 0 Å². The number of nitrogens with one attached hydrogen (secondary N) is 2. The summed E-state index contributed by atoms with van der Waals surface area (Å²) in [5, 5.41) is 6.98. The zero-order chi connectivity index (χ0) is 19.3. The number of aliphatic imine (C=N–C) groups is 1. The second kappa shape index (κ2) is 14.8. The average molecular weight is 503 g/mol. The molecule has 1 aliphatic heterocycles. The van der Waals surface area contributed by atoms with E-state index in [-0.39, 0.29) is 24.0 Å². The SMILES string of the molecule is CCCCOc1ncccc1CN=C(NCC)NC1CCN(CCC)CC1.I. The summed E-state index contributed by atoms with van der Waals surface area (Å²) in [5.41, 5.74) is 1.03. The molecule has 1 aliphatic rings. The number of halogens is 1. The first-order chi connectivity index (χ1) is 13.3. The Kier molecular flexibility index (Phi) is 13.2. The quantitative estimate of drug-likeness (QED) is 0.220. The smallest absolute Gasteiger partial charge is 0.218 e. The van der Waals surface area contributed by atoms with Crippen molar-refractivity contribution in [3.05, 3.63) is 23.9 Å². The normalized spacial score (nSPS) is 15.8. The molecule has 0 unspecified atom stereocenters. The van der Waals surface area contributed by atoms with Crippen molar-refractivity contribution in [1.82, 2.24) is 20.5 Å². The molecule has 1 aromatic heterocycles. The number of unbranched alkanes of at least 4 members (excludes halogenated alkanes) is 1. The summed E-state index contributed by atoms with van der Waals surface area (Å²) >= 11 is 0. The molecule has 0 amide bonds. The maximum atomic E-state index is 5.83. The first kappa shape index (κ1) is 24.9. The Hall–Kier alpha value is -1.09. The van der Waals surface area contributed by atoms with Gasteiger partial charge in [-0.15, -0.1) is 24.0 Å². The predicted molar refractivity (Wildman–Crippen MR) is 128 cm³/mol. The third-order valence-corrected chi connectivity index (χ3v) is 4.81. The summed E-state index contributed by atoms with van der Waals surface area (Å²) in [4.78, 5) is 11.7. The molecule has 7 heteroatoms. The van der Waals surface area contributed by atoms with Gasteiger partial charge in [-0.3, -0.25) is 0 Å². The number of aromatic nitrogens is 1. The van der Waals surface area contributed by atoms with E-state index in [4.69, 9.17) is 9.73 Å². The Morgan fingerprint density at radius 2 is 2.04 bits per heavy atom. The molecular formula is C21H38IN5O. The lowest BCUT2D eigenvalue weighted by Gasteiger charge is -2.32. The van der Waals surface area contributed by atoms with Crippen LogP contribution in [0.25, 0.3) is 0 Å². The molecule has 0 aliphatic carbocycles. The Labute approximate surface area is 187 Å². The van der Waals surface area contributed by atoms with E-state index >= 15 is 0 Å². The van der Waals surface area contributed by atoms with Crippen LogP contribution < -0.4 is 15.4 Å². The van der Waals surface area contributed by atoms with E-state index in [1.165, 1.54) is 38.9 Å². The molecule has 0 saturated carbocycles. The number of hydrogen-bond donors (Lipinski definition) is 2. The number of ether oxygens (including phenoxy) is 1. The zero-order valence-corrected chi connectivity index (χ0v) is 20.1. The molecule has 2 heterocycles. The van der Waals surface area contributed by atoms with Crippen molar-refractivity contribution in [1.29, 1.82) is 0 Å². The minimum absolute atomic E-state index is 0. The maximum Gasteiger partial charge on any atom is 0.218 e. The van der Waals surface area contributed by atoms with Crippen LogP contribution >= 0.6 is 24.0 Å². The Balaban J connectivity index is 0.00000392. The average Bonchev–Trinajstić information content (AvgIpc) is 2.69. The monoisotopic (exact) mass is 503 g/mol. The van der Waals surface area contributed by atoms with Gasteiger partial charge in [-0.25, -0.2) is 9.98 Å². The molecule has 0 aromatic carbocycles. The molecule has 0 atom stereocenters. The maximum absolute atomic E-state index is 5.83. The van der Waals surface area contributed by atoms with Crippen molar-refractivity contribution in [3.63, 3.8) is 0 Å². The van der Waals surface area contributed by atoms with Gasteiger partial charge in [0.05, 0.1) is 13.2 Å². The number of piperidine rings is 1. The largest absolute Gasteiger partial charge is 0.477 e. The number of likely N-dealkylation sites (tertiary alicyclic amines) is 1. The summed E-state index contributed by atoms with van der Waals surface area (Å²) in [5.74, 6) is 1.59. The summed E-state index contributed by atoms with van der Waals surface area (Å²) < 4.78 is 5.83. The van der Waals surface area contributed by atoms with Crippen molar-refractivity contribution in [3.8, 4) is 5.88 Å². The fourth-order valence-corrected chi connectivity index (χ4v) is 3.28. The van der Waals surface area contributed by atoms with Crippen molar-refractivity contribution in [2.45, 2.75) is 65.5 Å². The molecule has 1 fully saturated rings. The highest BCUT2D eigenvalue weighted by molar-refractivity contribution is 14.0. The standard InChI is InChI=1S/C21H37N5O.HI/c1-4-7-16-27-20-18(9-8-12-23-20)17-24-21(22-6-3)25-19-10-14-26(13-5-2)15-11-19;/h8-9,12,19H,4-7,10-11,13-17H2,1-3H3,(H2,22,24,25);1H. The molecule has 160 valence electrons. The lowest BCUT2D eigenvalue weighted by atomic mass is 10.1. The van der Waals surface area contributed by atoms with Crippen LogP contribution in [-0.4, -0.2) is 54.7 Å². The zero-order valence-electron chi connectivity index (χ0n) is 17.7. The molecule has 0 spiro atoms. The van der Waals surface area contributed by atoms with Gasteiger partial charge in [-0.1, -0.05) is 26.3 Å². The van der Waals surface area contributed by atoms with E-state index < -0.39 is 0 Å². The van der Waals surface area contributed by atoms with Crippen LogP contribution in [0.3, 0.4) is 0 Å². The van der Waals surface area contributed by atoms with Crippen LogP contribution in [0, 0.1) is 0 Å². The van der Waals surface area contributed by atoms with Gasteiger partial charge in [0.2, 0.25) is 5.88 Å². The molecular weight excluding hydrogens is 465 g/mol. The lowest BCUT2D eigenvalue weighted by molar-refractivity contribution is 0.206. The molecule has 2 rings (SSSR count). The lowest BCUT2D eigenvalue weighted by Crippen LogP contribution is -2.48. The second-order valence-corrected chi connectivity index (χ2v) is 7.13. The number of guanidine groups is 1. The molecule has 1 aromatic rings. The van der Waals surface area contributed by atoms with Crippen molar-refractivity contribution in [2.75, 3.05) is 32.8 Å². The van der Waals surface area contributed by atoms with Crippen LogP contribution in [-0.2, 0) is 6.54 Å². The molecule has 0 radical (unpaired) electrons. The van der Waals surface area contributed by atoms with E-state index in [9.17, 15) is 0 Å². The summed E-state index contributed by atoms with van der Waals surface area (Å²) in [6, 6.07) is 4.48. The number of nitrogens with zero attached hydrogens (tertiary/aromatic N) is 3. The van der Waals surface area contributed by atoms with Gasteiger partial charge in [0, 0.05) is 37.4 Å². The van der Waals surface area contributed by atoms with E-state index in [1.807, 2.05) is 12.1 Å². The van der Waals surface area contributed by atoms with Crippen LogP contribution in [0.4, 0.5) is 0 Å². The third-order valence-electron chi connectivity index (χ3n) is 4.81. The highest BCUT2D eigenvalue weighted by atomic mass is 127. The fraction of sp³-hybridized carbons (Fsp3) is 0.714. The summed E-state index contributed by atoms with van der Waals surface area (Å²) in [7, 11) is 0. The van der Waals surface area contributed by atoms with Gasteiger partial charge in [-0.05, 0) is 45.2 Å². The topological polar surface area (TPSA) is 61.8 Å². The van der Waals surface area contributed by atoms with E-state index in [0.29, 0.717) is 25.1 Å². The summed E-state index contributed by atoms with van der Waals surface area (Å²) in [6.07, 6.45) is 7.51. The van der Waals surface area contributed by atoms with Crippen molar-refractivity contribution in [2.24, 2.45) is 4.99 Å². The molecule has 0 bridgehead atoms. The van der Waals surface area contributed by atoms with E-state index in [2.05, 4.69) is 41.3 Å². The first-order valence-electron chi connectivity index (χ1n) is 10.6. The molecule has 2 N–H and O–H groups in total. The summed E-state index contributed by atoms with van der Waals surface area (Å²) in [6.45, 7) is 12.2. The van der Waals surface area contributed by atoms with Crippen LogP contribution in [0.15, 0.2) is 23.3 Å². The number of rotatable bonds is 10. The van der Waals surface area contributed by atoms with E-state index in [1.54, 1.807) is 6.20 Å². The molecule has 6 nitrogen and oxygen atoms in total. The van der Waals surface area contributed by atoms with Crippen molar-refractivity contribution >= 4 is 29.9 Å². The van der Waals surface area contributed by atoms with Gasteiger partial charge < -0.3 is 20.3 Å². The minimum atomic E-state index is 0. The van der Waals surface area contributed by atoms with Gasteiger partial charge in [0.15, 0.2) is 5.96 Å². The highest BCUT2D eigenvalue weighted by Gasteiger charge is 2.19. The minimum Gasteiger partial charge on any atom is -0.477 e. The third kappa shape index (κ3) is 8.94. The Morgan fingerprint density at radius 1 is 1.25 bits per heavy atom. The molecule has 1 saturated heterocycles. The van der Waals surface area contributed by atoms with Gasteiger partial charge in [0.25, 0.3) is 0 Å². The molecule has 28 heavy (non-hydrogen) atoms. The second-order valence-electron chi connectivity index (χ2n) is 7.13. The van der Waals surface area contributed by atoms with E-state index in [0.717, 1.165) is 30.9 Å². The van der Waals surface area contributed by atoms with Crippen molar-refractivity contribution < 1.29 is 4.74 Å². The van der Waals surface area contributed by atoms with Crippen LogP contribution in [0.2, 0.25) is 0 Å². The van der Waals surface area contributed by atoms with Gasteiger partial charge >= 0.3 is 0 Å².